The molecule has 1 aliphatic rings. The lowest BCUT2D eigenvalue weighted by Crippen LogP contribution is -2.56. The van der Waals surface area contributed by atoms with E-state index in [2.05, 4.69) is 5.32 Å². The zero-order valence-corrected chi connectivity index (χ0v) is 14.4. The highest BCUT2D eigenvalue weighted by molar-refractivity contribution is 5.77. The number of amides is 1. The fourth-order valence-electron chi connectivity index (χ4n) is 2.65. The predicted octanol–water partition coefficient (Wildman–Crippen LogP) is -3.31. The molecule has 1 rings (SSSR count). The molecule has 0 heterocycles. The molecule has 1 aliphatic carbocycles. The highest BCUT2D eigenvalue weighted by atomic mass is 16.6. The van der Waals surface area contributed by atoms with Crippen molar-refractivity contribution in [3.63, 3.8) is 0 Å². The fraction of sp³-hybridized carbons (Fsp3) is 0.933. The molecule has 7 N–H and O–H groups in total. The summed E-state index contributed by atoms with van der Waals surface area (Å²) in [6.45, 7) is 1.60. The molecule has 0 radical (unpaired) electrons. The molecule has 0 aromatic heterocycles. The van der Waals surface area contributed by atoms with E-state index in [1.54, 1.807) is 6.92 Å². The summed E-state index contributed by atoms with van der Waals surface area (Å²) in [7, 11) is 0. The Morgan fingerprint density at radius 3 is 2.36 bits per heavy atom. The zero-order valence-electron chi connectivity index (χ0n) is 14.4. The van der Waals surface area contributed by atoms with E-state index < -0.39 is 62.0 Å². The molecule has 1 amide bonds. The monoisotopic (exact) mass is 367 g/mol. The lowest BCUT2D eigenvalue weighted by Gasteiger charge is -2.40. The van der Waals surface area contributed by atoms with Gasteiger partial charge in [0.25, 0.3) is 0 Å². The van der Waals surface area contributed by atoms with E-state index in [4.69, 9.17) is 19.7 Å². The first-order valence-electron chi connectivity index (χ1n) is 8.21. The van der Waals surface area contributed by atoms with Crippen molar-refractivity contribution in [2.24, 2.45) is 5.92 Å². The highest BCUT2D eigenvalue weighted by Gasteiger charge is 2.42. The van der Waals surface area contributed by atoms with Crippen molar-refractivity contribution in [1.29, 1.82) is 0 Å². The summed E-state index contributed by atoms with van der Waals surface area (Å²) in [6.07, 6.45) is -7.48. The van der Waals surface area contributed by atoms with Gasteiger partial charge in [0.15, 0.2) is 6.23 Å². The van der Waals surface area contributed by atoms with E-state index in [1.165, 1.54) is 6.92 Å². The number of hydrogen-bond acceptors (Lipinski definition) is 9. The van der Waals surface area contributed by atoms with E-state index in [9.17, 15) is 25.2 Å². The summed E-state index contributed by atoms with van der Waals surface area (Å²) in [5.74, 6) is -1.09. The first-order valence-corrected chi connectivity index (χ1v) is 8.21. The molecule has 0 bridgehead atoms. The van der Waals surface area contributed by atoms with Gasteiger partial charge in [-0.1, -0.05) is 6.92 Å². The van der Waals surface area contributed by atoms with Gasteiger partial charge >= 0.3 is 0 Å². The maximum Gasteiger partial charge on any atom is 0.247 e. The Morgan fingerprint density at radius 2 is 1.84 bits per heavy atom. The summed E-state index contributed by atoms with van der Waals surface area (Å²) in [5, 5.41) is 59.5. The first-order chi connectivity index (χ1) is 11.7. The van der Waals surface area contributed by atoms with Crippen LogP contribution in [-0.2, 0) is 14.3 Å². The molecule has 25 heavy (non-hydrogen) atoms. The molecule has 10 heteroatoms. The van der Waals surface area contributed by atoms with Crippen LogP contribution in [0.1, 0.15) is 20.3 Å². The molecule has 8 unspecified atom stereocenters. The van der Waals surface area contributed by atoms with Crippen molar-refractivity contribution < 1.29 is 44.9 Å². The number of nitrogens with one attached hydrogen (secondary N) is 1. The van der Waals surface area contributed by atoms with E-state index >= 15 is 0 Å². The van der Waals surface area contributed by atoms with Crippen molar-refractivity contribution in [3.05, 3.63) is 0 Å². The summed E-state index contributed by atoms with van der Waals surface area (Å²) in [5.41, 5.74) is 0. The molecule has 0 saturated heterocycles. The molecular weight excluding hydrogens is 338 g/mol. The quantitative estimate of drug-likeness (QED) is 0.206. The number of carbonyl (C=O) groups excluding carboxylic acids is 1. The SMILES string of the molecule is CC(O)C(CO)OCC(NC(=O)CO)OC1CC(C)C(O)C(O)C1O. The maximum atomic E-state index is 11.4. The Bertz CT molecular complexity index is 408. The minimum atomic E-state index is -1.40. The van der Waals surface area contributed by atoms with Crippen LogP contribution >= 0.6 is 0 Å². The van der Waals surface area contributed by atoms with E-state index in [-0.39, 0.29) is 18.9 Å². The molecule has 10 nitrogen and oxygen atoms in total. The molecule has 1 saturated carbocycles. The average Bonchev–Trinajstić information content (AvgIpc) is 2.57. The standard InChI is InChI=1S/C15H29NO9/c1-7-3-9(14(22)15(23)13(7)21)25-12(16-11(20)5-18)6-24-10(4-17)8(2)19/h7-10,12-15,17-19,21-23H,3-6H2,1-2H3,(H,16,20). The Labute approximate surface area is 146 Å². The summed E-state index contributed by atoms with van der Waals surface area (Å²) < 4.78 is 10.9. The predicted molar refractivity (Wildman–Crippen MR) is 84.2 cm³/mol. The zero-order chi connectivity index (χ0) is 19.1. The van der Waals surface area contributed by atoms with Crippen LogP contribution in [0.25, 0.3) is 0 Å². The lowest BCUT2D eigenvalue weighted by atomic mass is 9.82. The minimum absolute atomic E-state index is 0.227. The van der Waals surface area contributed by atoms with Gasteiger partial charge in [-0.25, -0.2) is 0 Å². The molecule has 0 aromatic rings. The average molecular weight is 367 g/mol. The Kier molecular flexibility index (Phi) is 9.17. The number of hydrogen-bond donors (Lipinski definition) is 7. The van der Waals surface area contributed by atoms with Gasteiger partial charge in [0.05, 0.1) is 31.5 Å². The molecular formula is C15H29NO9. The smallest absolute Gasteiger partial charge is 0.247 e. The number of carbonyl (C=O) groups is 1. The lowest BCUT2D eigenvalue weighted by molar-refractivity contribution is -0.199. The summed E-state index contributed by atoms with van der Waals surface area (Å²) >= 11 is 0. The van der Waals surface area contributed by atoms with Crippen LogP contribution < -0.4 is 5.32 Å². The van der Waals surface area contributed by atoms with Crippen LogP contribution in [0.5, 0.6) is 0 Å². The largest absolute Gasteiger partial charge is 0.394 e. The molecule has 148 valence electrons. The van der Waals surface area contributed by atoms with Crippen molar-refractivity contribution >= 4 is 5.91 Å². The Morgan fingerprint density at radius 1 is 1.20 bits per heavy atom. The molecule has 8 atom stereocenters. The number of aliphatic hydroxyl groups excluding tert-OH is 6. The van der Waals surface area contributed by atoms with Gasteiger partial charge in [-0.3, -0.25) is 4.79 Å². The van der Waals surface area contributed by atoms with Crippen molar-refractivity contribution in [3.8, 4) is 0 Å². The third-order valence-electron chi connectivity index (χ3n) is 4.25. The van der Waals surface area contributed by atoms with Gasteiger partial charge in [-0.15, -0.1) is 0 Å². The molecule has 0 aliphatic heterocycles. The molecule has 0 aromatic carbocycles. The number of ether oxygens (including phenoxy) is 2. The summed E-state index contributed by atoms with van der Waals surface area (Å²) in [4.78, 5) is 11.4. The molecule has 1 fully saturated rings. The Balaban J connectivity index is 2.73. The second-order valence-corrected chi connectivity index (χ2v) is 6.37. The van der Waals surface area contributed by atoms with Crippen molar-refractivity contribution in [1.82, 2.24) is 5.32 Å². The third kappa shape index (κ3) is 6.42. The van der Waals surface area contributed by atoms with Crippen molar-refractivity contribution in [2.45, 2.75) is 63.1 Å². The van der Waals surface area contributed by atoms with E-state index in [1.807, 2.05) is 0 Å². The topological polar surface area (TPSA) is 169 Å². The number of aliphatic hydroxyl groups is 6. The second-order valence-electron chi connectivity index (χ2n) is 6.37. The maximum absolute atomic E-state index is 11.4. The van der Waals surface area contributed by atoms with Crippen LogP contribution in [-0.4, -0.2) is 99.2 Å². The van der Waals surface area contributed by atoms with Gasteiger partial charge in [0.2, 0.25) is 5.91 Å². The highest BCUT2D eigenvalue weighted by Crippen LogP contribution is 2.28. The van der Waals surface area contributed by atoms with Gasteiger partial charge < -0.3 is 45.4 Å². The third-order valence-corrected chi connectivity index (χ3v) is 4.25. The normalized spacial score (nSPS) is 33.5. The van der Waals surface area contributed by atoms with Crippen LogP contribution in [0, 0.1) is 5.92 Å². The van der Waals surface area contributed by atoms with E-state index in [0.717, 1.165) is 0 Å². The first kappa shape index (κ1) is 22.2. The van der Waals surface area contributed by atoms with Gasteiger partial charge in [-0.2, -0.15) is 0 Å². The molecule has 0 spiro atoms. The summed E-state index contributed by atoms with van der Waals surface area (Å²) in [6, 6.07) is 0. The van der Waals surface area contributed by atoms with Crippen LogP contribution in [0.4, 0.5) is 0 Å². The van der Waals surface area contributed by atoms with Crippen molar-refractivity contribution in [2.75, 3.05) is 19.8 Å². The van der Waals surface area contributed by atoms with Crippen LogP contribution in [0.2, 0.25) is 0 Å². The fourth-order valence-corrected chi connectivity index (χ4v) is 2.65. The van der Waals surface area contributed by atoms with E-state index in [0.29, 0.717) is 0 Å². The van der Waals surface area contributed by atoms with Gasteiger partial charge in [0.1, 0.15) is 24.9 Å². The second kappa shape index (κ2) is 10.3. The van der Waals surface area contributed by atoms with Crippen LogP contribution in [0.3, 0.4) is 0 Å². The van der Waals surface area contributed by atoms with Crippen LogP contribution in [0.15, 0.2) is 0 Å². The minimum Gasteiger partial charge on any atom is -0.394 e. The Hall–Kier alpha value is -0.850. The van der Waals surface area contributed by atoms with Gasteiger partial charge in [-0.05, 0) is 19.3 Å². The van der Waals surface area contributed by atoms with Gasteiger partial charge in [0, 0.05) is 0 Å². The number of rotatable bonds is 9.